The number of likely N-dealkylation sites (tertiary alicyclic amines) is 1. The van der Waals surface area contributed by atoms with Crippen LogP contribution in [0.3, 0.4) is 0 Å². The number of hydrogen-bond donors (Lipinski definition) is 2. The Morgan fingerprint density at radius 3 is 2.92 bits per heavy atom. The lowest BCUT2D eigenvalue weighted by atomic mass is 9.97. The first-order chi connectivity index (χ1) is 11.9. The summed E-state index contributed by atoms with van der Waals surface area (Å²) in [6, 6.07) is 3.58. The van der Waals surface area contributed by atoms with Crippen LogP contribution in [0.5, 0.6) is 0 Å². The monoisotopic (exact) mass is 344 g/mol. The van der Waals surface area contributed by atoms with E-state index >= 15 is 0 Å². The summed E-state index contributed by atoms with van der Waals surface area (Å²) in [4.78, 5) is 30.2. The molecule has 0 aromatic carbocycles. The van der Waals surface area contributed by atoms with Gasteiger partial charge < -0.3 is 16.0 Å². The van der Waals surface area contributed by atoms with Crippen molar-refractivity contribution in [3.05, 3.63) is 29.2 Å². The SMILES string of the molecule is Cc1cc2nc(C(=O)NCCN3CCC[C@@H](C(N)=O)C3)cc(C)n2n1. The number of piperidine rings is 1. The average molecular weight is 344 g/mol. The number of hydrogen-bond acceptors (Lipinski definition) is 5. The number of primary amides is 1. The minimum absolute atomic E-state index is 0.0821. The zero-order valence-electron chi connectivity index (χ0n) is 14.7. The molecule has 1 atom stereocenters. The zero-order valence-corrected chi connectivity index (χ0v) is 14.7. The van der Waals surface area contributed by atoms with Crippen LogP contribution in [0, 0.1) is 19.8 Å². The first kappa shape index (κ1) is 17.3. The largest absolute Gasteiger partial charge is 0.369 e. The van der Waals surface area contributed by atoms with Crippen LogP contribution >= 0.6 is 0 Å². The van der Waals surface area contributed by atoms with Crippen LogP contribution in [0.2, 0.25) is 0 Å². The lowest BCUT2D eigenvalue weighted by Crippen LogP contribution is -2.44. The molecule has 2 aromatic rings. The van der Waals surface area contributed by atoms with Gasteiger partial charge in [0.2, 0.25) is 5.91 Å². The molecule has 0 spiro atoms. The summed E-state index contributed by atoms with van der Waals surface area (Å²) in [6.45, 7) is 6.60. The molecule has 134 valence electrons. The molecule has 3 rings (SSSR count). The normalized spacial score (nSPS) is 18.4. The summed E-state index contributed by atoms with van der Waals surface area (Å²) in [7, 11) is 0. The smallest absolute Gasteiger partial charge is 0.270 e. The van der Waals surface area contributed by atoms with E-state index in [2.05, 4.69) is 20.3 Å². The van der Waals surface area contributed by atoms with E-state index in [0.717, 1.165) is 30.8 Å². The summed E-state index contributed by atoms with van der Waals surface area (Å²) in [5.41, 5.74) is 8.18. The van der Waals surface area contributed by atoms with Gasteiger partial charge in [0.05, 0.1) is 11.6 Å². The summed E-state index contributed by atoms with van der Waals surface area (Å²) in [6.07, 6.45) is 1.81. The van der Waals surface area contributed by atoms with Gasteiger partial charge in [0.1, 0.15) is 5.69 Å². The maximum Gasteiger partial charge on any atom is 0.270 e. The van der Waals surface area contributed by atoms with Crippen molar-refractivity contribution in [2.45, 2.75) is 26.7 Å². The molecular formula is C17H24N6O2. The fourth-order valence-corrected chi connectivity index (χ4v) is 3.26. The number of fused-ring (bicyclic) bond motifs is 1. The molecule has 0 unspecified atom stereocenters. The number of carbonyl (C=O) groups is 2. The molecular weight excluding hydrogens is 320 g/mol. The van der Waals surface area contributed by atoms with Gasteiger partial charge in [0, 0.05) is 31.4 Å². The molecule has 25 heavy (non-hydrogen) atoms. The molecule has 3 heterocycles. The highest BCUT2D eigenvalue weighted by Gasteiger charge is 2.23. The van der Waals surface area contributed by atoms with E-state index in [0.29, 0.717) is 31.0 Å². The van der Waals surface area contributed by atoms with Gasteiger partial charge in [-0.05, 0) is 39.3 Å². The number of aryl methyl sites for hydroxylation is 2. The van der Waals surface area contributed by atoms with Gasteiger partial charge in [-0.15, -0.1) is 0 Å². The molecule has 0 aliphatic carbocycles. The van der Waals surface area contributed by atoms with Gasteiger partial charge in [-0.1, -0.05) is 0 Å². The van der Waals surface area contributed by atoms with E-state index in [1.807, 2.05) is 19.9 Å². The number of carbonyl (C=O) groups excluding carboxylic acids is 2. The van der Waals surface area contributed by atoms with Crippen molar-refractivity contribution in [1.82, 2.24) is 24.8 Å². The van der Waals surface area contributed by atoms with E-state index in [4.69, 9.17) is 5.73 Å². The van der Waals surface area contributed by atoms with Gasteiger partial charge in [-0.3, -0.25) is 9.59 Å². The summed E-state index contributed by atoms with van der Waals surface area (Å²) < 4.78 is 1.73. The van der Waals surface area contributed by atoms with Crippen molar-refractivity contribution in [3.63, 3.8) is 0 Å². The van der Waals surface area contributed by atoms with Crippen molar-refractivity contribution < 1.29 is 9.59 Å². The highest BCUT2D eigenvalue weighted by Crippen LogP contribution is 2.15. The fourth-order valence-electron chi connectivity index (χ4n) is 3.26. The molecule has 1 aliphatic heterocycles. The van der Waals surface area contributed by atoms with E-state index < -0.39 is 0 Å². The minimum Gasteiger partial charge on any atom is -0.369 e. The molecule has 0 saturated carbocycles. The van der Waals surface area contributed by atoms with Gasteiger partial charge in [-0.2, -0.15) is 5.10 Å². The van der Waals surface area contributed by atoms with Gasteiger partial charge in [0.25, 0.3) is 5.91 Å². The molecule has 3 N–H and O–H groups in total. The number of nitrogens with one attached hydrogen (secondary N) is 1. The molecule has 0 bridgehead atoms. The third-order valence-corrected chi connectivity index (χ3v) is 4.58. The molecule has 2 aromatic heterocycles. The zero-order chi connectivity index (χ0) is 18.0. The van der Waals surface area contributed by atoms with Crippen LogP contribution in [0.25, 0.3) is 5.65 Å². The van der Waals surface area contributed by atoms with Crippen LogP contribution < -0.4 is 11.1 Å². The highest BCUT2D eigenvalue weighted by atomic mass is 16.2. The van der Waals surface area contributed by atoms with E-state index in [1.165, 1.54) is 0 Å². The van der Waals surface area contributed by atoms with E-state index in [-0.39, 0.29) is 17.7 Å². The van der Waals surface area contributed by atoms with Crippen molar-refractivity contribution in [2.24, 2.45) is 11.7 Å². The first-order valence-corrected chi connectivity index (χ1v) is 8.58. The van der Waals surface area contributed by atoms with Crippen molar-refractivity contribution in [2.75, 3.05) is 26.2 Å². The van der Waals surface area contributed by atoms with Crippen molar-refractivity contribution >= 4 is 17.5 Å². The molecule has 1 saturated heterocycles. The summed E-state index contributed by atoms with van der Waals surface area (Å²) in [5, 5.41) is 7.24. The van der Waals surface area contributed by atoms with Gasteiger partial charge in [-0.25, -0.2) is 9.50 Å². The Balaban J connectivity index is 1.57. The minimum atomic E-state index is -0.238. The van der Waals surface area contributed by atoms with Crippen LogP contribution in [0.15, 0.2) is 12.1 Å². The third kappa shape index (κ3) is 3.96. The Bertz CT molecular complexity index is 800. The Morgan fingerprint density at radius 2 is 2.16 bits per heavy atom. The summed E-state index contributed by atoms with van der Waals surface area (Å²) >= 11 is 0. The number of nitrogens with two attached hydrogens (primary N) is 1. The fraction of sp³-hybridized carbons (Fsp3) is 0.529. The lowest BCUT2D eigenvalue weighted by Gasteiger charge is -2.31. The standard InChI is InChI=1S/C17H24N6O2/c1-11-8-15-20-14(9-12(2)23(15)21-11)17(25)19-5-7-22-6-3-4-13(10-22)16(18)24/h8-9,13H,3-7,10H2,1-2H3,(H2,18,24)(H,19,25)/t13-/m1/s1. The Labute approximate surface area is 146 Å². The third-order valence-electron chi connectivity index (χ3n) is 4.58. The number of aromatic nitrogens is 3. The predicted octanol–water partition coefficient (Wildman–Crippen LogP) is 0.273. The van der Waals surface area contributed by atoms with Crippen molar-refractivity contribution in [1.29, 1.82) is 0 Å². The van der Waals surface area contributed by atoms with E-state index in [9.17, 15) is 9.59 Å². The van der Waals surface area contributed by atoms with Gasteiger partial charge in [0.15, 0.2) is 5.65 Å². The number of amides is 2. The van der Waals surface area contributed by atoms with Crippen LogP contribution in [-0.4, -0.2) is 57.5 Å². The second-order valence-corrected chi connectivity index (χ2v) is 6.64. The van der Waals surface area contributed by atoms with Crippen molar-refractivity contribution in [3.8, 4) is 0 Å². The molecule has 1 fully saturated rings. The molecule has 1 aliphatic rings. The van der Waals surface area contributed by atoms with Crippen LogP contribution in [0.1, 0.15) is 34.7 Å². The first-order valence-electron chi connectivity index (χ1n) is 8.58. The molecule has 2 amide bonds. The number of rotatable bonds is 5. The molecule has 8 nitrogen and oxygen atoms in total. The quantitative estimate of drug-likeness (QED) is 0.810. The van der Waals surface area contributed by atoms with E-state index in [1.54, 1.807) is 10.6 Å². The Kier molecular flexibility index (Phi) is 4.98. The topological polar surface area (TPSA) is 106 Å². The highest BCUT2D eigenvalue weighted by molar-refractivity contribution is 5.92. The van der Waals surface area contributed by atoms with Gasteiger partial charge >= 0.3 is 0 Å². The summed E-state index contributed by atoms with van der Waals surface area (Å²) in [5.74, 6) is -0.521. The number of nitrogens with zero attached hydrogens (tertiary/aromatic N) is 4. The second-order valence-electron chi connectivity index (χ2n) is 6.64. The maximum absolute atomic E-state index is 12.4. The van der Waals surface area contributed by atoms with Crippen LogP contribution in [0.4, 0.5) is 0 Å². The molecule has 0 radical (unpaired) electrons. The van der Waals surface area contributed by atoms with Crippen LogP contribution in [-0.2, 0) is 4.79 Å². The average Bonchev–Trinajstić information content (AvgIpc) is 2.96. The predicted molar refractivity (Wildman–Crippen MR) is 93.2 cm³/mol. The maximum atomic E-state index is 12.4. The Morgan fingerprint density at radius 1 is 1.36 bits per heavy atom. The molecule has 8 heteroatoms. The second kappa shape index (κ2) is 7.18. The Hall–Kier alpha value is -2.48. The lowest BCUT2D eigenvalue weighted by molar-refractivity contribution is -0.123.